The Balaban J connectivity index is 2.45. The molecule has 1 rings (SSSR count). The van der Waals surface area contributed by atoms with Gasteiger partial charge in [-0.3, -0.25) is 0 Å². The average Bonchev–Trinajstić information content (AvgIpc) is 2.33. The lowest BCUT2D eigenvalue weighted by atomic mass is 9.99. The Kier molecular flexibility index (Phi) is 3.26. The molecule has 0 N–H and O–H groups in total. The number of rotatable bonds is 2. The van der Waals surface area contributed by atoms with Gasteiger partial charge >= 0.3 is 0 Å². The van der Waals surface area contributed by atoms with Gasteiger partial charge in [0.2, 0.25) is 0 Å². The molecule has 11 heavy (non-hydrogen) atoms. The molecule has 1 nitrogen and oxygen atoms in total. The highest BCUT2D eigenvalue weighted by Crippen LogP contribution is 2.38. The number of hydrogen-bond acceptors (Lipinski definition) is 2. The third-order valence-electron chi connectivity index (χ3n) is 2.05. The molecule has 1 saturated carbocycles. The van der Waals surface area contributed by atoms with Gasteiger partial charge < -0.3 is 4.90 Å². The fourth-order valence-electron chi connectivity index (χ4n) is 1.06. The normalized spacial score (nSPS) is 24.8. The third kappa shape index (κ3) is 2.12. The number of nitrogens with zero attached hydrogens (tertiary/aromatic N) is 1. The number of thiol groups is 1. The van der Waals surface area contributed by atoms with Gasteiger partial charge in [0, 0.05) is 17.2 Å². The van der Waals surface area contributed by atoms with Crippen LogP contribution < -0.4 is 0 Å². The van der Waals surface area contributed by atoms with Crippen LogP contribution in [0.25, 0.3) is 0 Å². The first-order valence-corrected chi connectivity index (χ1v) is 4.18. The van der Waals surface area contributed by atoms with E-state index in [0.717, 1.165) is 5.25 Å². The van der Waals surface area contributed by atoms with E-state index < -0.39 is 0 Å². The maximum absolute atomic E-state index is 4.36. The summed E-state index contributed by atoms with van der Waals surface area (Å²) in [4.78, 5) is 2.18. The maximum atomic E-state index is 4.36. The van der Waals surface area contributed by atoms with Crippen molar-refractivity contribution in [3.63, 3.8) is 0 Å². The molecule has 0 saturated heterocycles. The van der Waals surface area contributed by atoms with Gasteiger partial charge in [-0.05, 0) is 40.3 Å². The molecule has 1 aliphatic rings. The molecule has 0 aromatic heterocycles. The standard InChI is InChI=1S/C9H14NS/c1-7(10(2)3)8-5-4-6-9(8)11/h4-7,11H,1-3H3/t7-/m0/s1. The van der Waals surface area contributed by atoms with Crippen LogP contribution in [0.2, 0.25) is 0 Å². The van der Waals surface area contributed by atoms with E-state index in [4.69, 9.17) is 0 Å². The summed E-state index contributed by atoms with van der Waals surface area (Å²) in [7, 11) is 4.15. The fraction of sp³-hybridized carbons (Fsp3) is 0.444. The minimum Gasteiger partial charge on any atom is -0.306 e. The molecule has 0 unspecified atom stereocenters. The largest absolute Gasteiger partial charge is 0.306 e. The van der Waals surface area contributed by atoms with Crippen molar-refractivity contribution in [2.24, 2.45) is 0 Å². The zero-order chi connectivity index (χ0) is 8.43. The first kappa shape index (κ1) is 9.40. The van der Waals surface area contributed by atoms with E-state index in [0.29, 0.717) is 6.04 Å². The van der Waals surface area contributed by atoms with Crippen molar-refractivity contribution >= 4 is 12.6 Å². The Morgan fingerprint density at radius 3 is 2.36 bits per heavy atom. The van der Waals surface area contributed by atoms with Crippen LogP contribution in [0.15, 0.2) is 0 Å². The Labute approximate surface area is 75.6 Å². The lowest BCUT2D eigenvalue weighted by Gasteiger charge is -2.27. The molecule has 0 amide bonds. The van der Waals surface area contributed by atoms with E-state index in [9.17, 15) is 0 Å². The molecule has 2 heteroatoms. The summed E-state index contributed by atoms with van der Waals surface area (Å²) < 4.78 is 0. The molecular formula is C9H14NS. The molecule has 61 valence electrons. The van der Waals surface area contributed by atoms with E-state index in [1.807, 2.05) is 12.8 Å². The zero-order valence-electron chi connectivity index (χ0n) is 7.20. The number of hydrogen-bond donors (Lipinski definition) is 1. The molecule has 0 spiro atoms. The van der Waals surface area contributed by atoms with Gasteiger partial charge in [-0.15, -0.1) is 0 Å². The van der Waals surface area contributed by atoms with Crippen molar-refractivity contribution in [1.29, 1.82) is 0 Å². The topological polar surface area (TPSA) is 3.24 Å². The van der Waals surface area contributed by atoms with Gasteiger partial charge in [0.1, 0.15) is 0 Å². The first-order chi connectivity index (χ1) is 5.13. The molecular weight excluding hydrogens is 154 g/mol. The minimum absolute atomic E-state index is 0.456. The molecule has 1 fully saturated rings. The first-order valence-electron chi connectivity index (χ1n) is 3.74. The maximum Gasteiger partial charge on any atom is 0.0397 e. The van der Waals surface area contributed by atoms with Gasteiger partial charge in [-0.1, -0.05) is 0 Å². The Hall–Kier alpha value is 0.310. The Bertz CT molecular complexity index is 125. The highest BCUT2D eigenvalue weighted by atomic mass is 32.1. The summed E-state index contributed by atoms with van der Waals surface area (Å²) in [6, 6.07) is 0.456. The second kappa shape index (κ2) is 3.81. The van der Waals surface area contributed by atoms with E-state index in [2.05, 4.69) is 45.0 Å². The van der Waals surface area contributed by atoms with Gasteiger partial charge in [0.25, 0.3) is 0 Å². The van der Waals surface area contributed by atoms with Gasteiger partial charge in [0.15, 0.2) is 0 Å². The van der Waals surface area contributed by atoms with Crippen LogP contribution in [0, 0.1) is 30.4 Å². The van der Waals surface area contributed by atoms with E-state index in [1.165, 1.54) is 5.92 Å². The average molecular weight is 168 g/mol. The zero-order valence-corrected chi connectivity index (χ0v) is 8.10. The van der Waals surface area contributed by atoms with Crippen LogP contribution in [0.4, 0.5) is 0 Å². The predicted octanol–water partition coefficient (Wildman–Crippen LogP) is 1.60. The van der Waals surface area contributed by atoms with Crippen molar-refractivity contribution in [1.82, 2.24) is 4.90 Å². The summed E-state index contributed by atoms with van der Waals surface area (Å²) in [5.74, 6) is 1.30. The van der Waals surface area contributed by atoms with Crippen LogP contribution in [-0.2, 0) is 0 Å². The van der Waals surface area contributed by atoms with Crippen LogP contribution in [0.1, 0.15) is 6.92 Å². The van der Waals surface area contributed by atoms with Gasteiger partial charge in [-0.25, -0.2) is 0 Å². The predicted molar refractivity (Wildman–Crippen MR) is 51.5 cm³/mol. The van der Waals surface area contributed by atoms with Crippen molar-refractivity contribution in [3.8, 4) is 0 Å². The summed E-state index contributed by atoms with van der Waals surface area (Å²) in [6.07, 6.45) is 6.18. The summed E-state index contributed by atoms with van der Waals surface area (Å²) in [5.41, 5.74) is 0. The van der Waals surface area contributed by atoms with Crippen molar-refractivity contribution in [3.05, 3.63) is 30.4 Å². The monoisotopic (exact) mass is 168 g/mol. The van der Waals surface area contributed by atoms with Crippen LogP contribution in [0.3, 0.4) is 0 Å². The summed E-state index contributed by atoms with van der Waals surface area (Å²) in [5, 5.41) is 1.09. The van der Waals surface area contributed by atoms with Crippen molar-refractivity contribution in [2.75, 3.05) is 14.1 Å². The minimum atomic E-state index is 0.456. The smallest absolute Gasteiger partial charge is 0.0397 e. The molecule has 0 aromatic carbocycles. The van der Waals surface area contributed by atoms with E-state index in [1.54, 1.807) is 0 Å². The molecule has 1 atom stereocenters. The van der Waals surface area contributed by atoms with Crippen molar-refractivity contribution in [2.45, 2.75) is 13.0 Å². The quantitative estimate of drug-likeness (QED) is 0.613. The molecule has 0 bridgehead atoms. The van der Waals surface area contributed by atoms with E-state index >= 15 is 0 Å². The molecule has 0 heterocycles. The Morgan fingerprint density at radius 2 is 2.00 bits per heavy atom. The SMILES string of the molecule is C[C@@H]([C]1[CH][CH][CH][C]1S)N(C)C. The van der Waals surface area contributed by atoms with Gasteiger partial charge in [0.05, 0.1) is 0 Å². The molecule has 5 radical (unpaired) electrons. The lowest BCUT2D eigenvalue weighted by molar-refractivity contribution is 0.333. The third-order valence-corrected chi connectivity index (χ3v) is 2.46. The van der Waals surface area contributed by atoms with E-state index in [-0.39, 0.29) is 0 Å². The molecule has 0 aromatic rings. The van der Waals surface area contributed by atoms with Gasteiger partial charge in [-0.2, -0.15) is 12.6 Å². The van der Waals surface area contributed by atoms with Crippen LogP contribution in [0.5, 0.6) is 0 Å². The fourth-order valence-corrected chi connectivity index (χ4v) is 1.40. The lowest BCUT2D eigenvalue weighted by Crippen LogP contribution is -2.31. The summed E-state index contributed by atoms with van der Waals surface area (Å²) >= 11 is 4.36. The van der Waals surface area contributed by atoms with Crippen molar-refractivity contribution < 1.29 is 0 Å². The van der Waals surface area contributed by atoms with Crippen LogP contribution in [-0.4, -0.2) is 25.0 Å². The highest BCUT2D eigenvalue weighted by molar-refractivity contribution is 7.83. The summed E-state index contributed by atoms with van der Waals surface area (Å²) in [6.45, 7) is 2.18. The molecule has 0 aliphatic heterocycles. The second-order valence-corrected chi connectivity index (χ2v) is 3.49. The molecule has 1 aliphatic carbocycles. The highest BCUT2D eigenvalue weighted by Gasteiger charge is 2.31. The second-order valence-electron chi connectivity index (χ2n) is 3.01. The Morgan fingerprint density at radius 1 is 1.36 bits per heavy atom. The van der Waals surface area contributed by atoms with Crippen LogP contribution >= 0.6 is 12.6 Å².